The topological polar surface area (TPSA) is 67.2 Å². The SMILES string of the molecule is CC(C)C[C@@H](CO)NC(=O)c1ccc2nc(-n3cccc3)sc2c1. The fraction of sp³-hybridized carbons (Fsp3) is 0.333. The van der Waals surface area contributed by atoms with E-state index in [4.69, 9.17) is 0 Å². The minimum atomic E-state index is -0.218. The summed E-state index contributed by atoms with van der Waals surface area (Å²) in [6, 6.07) is 9.19. The standard InChI is InChI=1S/C18H21N3O2S/c1-12(2)9-14(11-22)19-17(23)13-5-6-15-16(10-13)24-18(20-15)21-7-3-4-8-21/h3-8,10,12,14,22H,9,11H2,1-2H3,(H,19,23)/t14-/m0/s1. The van der Waals surface area contributed by atoms with Gasteiger partial charge in [-0.15, -0.1) is 0 Å². The van der Waals surface area contributed by atoms with Crippen LogP contribution in [0.5, 0.6) is 0 Å². The number of rotatable bonds is 6. The molecule has 3 rings (SSSR count). The minimum absolute atomic E-state index is 0.0511. The number of amides is 1. The number of hydrogen-bond donors (Lipinski definition) is 2. The minimum Gasteiger partial charge on any atom is -0.394 e. The van der Waals surface area contributed by atoms with E-state index in [2.05, 4.69) is 24.1 Å². The highest BCUT2D eigenvalue weighted by atomic mass is 32.1. The van der Waals surface area contributed by atoms with Crippen molar-refractivity contribution in [1.29, 1.82) is 0 Å². The lowest BCUT2D eigenvalue weighted by Gasteiger charge is -2.18. The Hall–Kier alpha value is -2.18. The van der Waals surface area contributed by atoms with E-state index in [9.17, 15) is 9.90 Å². The van der Waals surface area contributed by atoms with E-state index >= 15 is 0 Å². The van der Waals surface area contributed by atoms with Gasteiger partial charge >= 0.3 is 0 Å². The Morgan fingerprint density at radius 1 is 1.33 bits per heavy atom. The monoisotopic (exact) mass is 343 g/mol. The van der Waals surface area contributed by atoms with Gasteiger partial charge in [-0.25, -0.2) is 4.98 Å². The second-order valence-electron chi connectivity index (χ2n) is 6.25. The van der Waals surface area contributed by atoms with Gasteiger partial charge in [0.25, 0.3) is 5.91 Å². The first-order chi connectivity index (χ1) is 11.6. The molecule has 0 bridgehead atoms. The van der Waals surface area contributed by atoms with Crippen molar-refractivity contribution in [2.75, 3.05) is 6.61 Å². The molecule has 1 aromatic carbocycles. The van der Waals surface area contributed by atoms with E-state index < -0.39 is 0 Å². The van der Waals surface area contributed by atoms with Crippen LogP contribution in [0.3, 0.4) is 0 Å². The predicted octanol–water partition coefficient (Wildman–Crippen LogP) is 3.22. The summed E-state index contributed by atoms with van der Waals surface area (Å²) >= 11 is 1.54. The Balaban J connectivity index is 1.81. The molecule has 0 fully saturated rings. The van der Waals surface area contributed by atoms with Crippen molar-refractivity contribution in [3.63, 3.8) is 0 Å². The van der Waals surface area contributed by atoms with Crippen molar-refractivity contribution < 1.29 is 9.90 Å². The van der Waals surface area contributed by atoms with Gasteiger partial charge < -0.3 is 15.0 Å². The quantitative estimate of drug-likeness (QED) is 0.722. The van der Waals surface area contributed by atoms with Crippen LogP contribution in [-0.4, -0.2) is 33.2 Å². The lowest BCUT2D eigenvalue weighted by molar-refractivity contribution is 0.0908. The molecule has 126 valence electrons. The molecule has 5 nitrogen and oxygen atoms in total. The van der Waals surface area contributed by atoms with Gasteiger partial charge in [0.05, 0.1) is 22.9 Å². The molecular weight excluding hydrogens is 322 g/mol. The molecule has 0 saturated carbocycles. The van der Waals surface area contributed by atoms with Crippen LogP contribution in [-0.2, 0) is 0 Å². The smallest absolute Gasteiger partial charge is 0.251 e. The van der Waals surface area contributed by atoms with Gasteiger partial charge in [-0.1, -0.05) is 25.2 Å². The Morgan fingerprint density at radius 2 is 2.08 bits per heavy atom. The molecule has 0 aliphatic carbocycles. The predicted molar refractivity (Wildman–Crippen MR) is 96.7 cm³/mol. The molecule has 0 aliphatic rings. The summed E-state index contributed by atoms with van der Waals surface area (Å²) in [7, 11) is 0. The van der Waals surface area contributed by atoms with Gasteiger partial charge in [-0.3, -0.25) is 4.79 Å². The molecule has 2 aromatic heterocycles. The van der Waals surface area contributed by atoms with E-state index in [0.717, 1.165) is 21.8 Å². The second kappa shape index (κ2) is 7.15. The van der Waals surface area contributed by atoms with Crippen LogP contribution in [0.2, 0.25) is 0 Å². The van der Waals surface area contributed by atoms with Gasteiger partial charge in [0.15, 0.2) is 5.13 Å². The molecule has 3 aromatic rings. The van der Waals surface area contributed by atoms with Crippen LogP contribution in [0.4, 0.5) is 0 Å². The number of nitrogens with zero attached hydrogens (tertiary/aromatic N) is 2. The highest BCUT2D eigenvalue weighted by molar-refractivity contribution is 7.20. The average molecular weight is 343 g/mol. The maximum absolute atomic E-state index is 12.4. The zero-order chi connectivity index (χ0) is 17.1. The Labute approximate surface area is 145 Å². The molecule has 0 spiro atoms. The van der Waals surface area contributed by atoms with Crippen LogP contribution in [0.15, 0.2) is 42.7 Å². The number of aliphatic hydroxyl groups is 1. The lowest BCUT2D eigenvalue weighted by Crippen LogP contribution is -2.38. The first-order valence-electron chi connectivity index (χ1n) is 8.02. The van der Waals surface area contributed by atoms with Crippen LogP contribution in [0.1, 0.15) is 30.6 Å². The van der Waals surface area contributed by atoms with E-state index in [-0.39, 0.29) is 18.6 Å². The number of carbonyl (C=O) groups is 1. The number of thiazole rings is 1. The van der Waals surface area contributed by atoms with Crippen molar-refractivity contribution in [2.24, 2.45) is 5.92 Å². The van der Waals surface area contributed by atoms with E-state index in [1.807, 2.05) is 41.2 Å². The third kappa shape index (κ3) is 3.66. The number of benzene rings is 1. The van der Waals surface area contributed by atoms with Gasteiger partial charge in [0.1, 0.15) is 0 Å². The van der Waals surface area contributed by atoms with Crippen LogP contribution in [0, 0.1) is 5.92 Å². The van der Waals surface area contributed by atoms with Crippen LogP contribution >= 0.6 is 11.3 Å². The molecule has 2 heterocycles. The molecule has 1 atom stereocenters. The Morgan fingerprint density at radius 3 is 2.75 bits per heavy atom. The van der Waals surface area contributed by atoms with Crippen LogP contribution in [0.25, 0.3) is 15.3 Å². The number of hydrogen-bond acceptors (Lipinski definition) is 4. The summed E-state index contributed by atoms with van der Waals surface area (Å²) in [5.74, 6) is 0.253. The summed E-state index contributed by atoms with van der Waals surface area (Å²) < 4.78 is 2.92. The molecule has 24 heavy (non-hydrogen) atoms. The second-order valence-corrected chi connectivity index (χ2v) is 7.26. The molecule has 0 unspecified atom stereocenters. The Kier molecular flexibility index (Phi) is 4.97. The third-order valence-electron chi connectivity index (χ3n) is 3.78. The molecule has 0 radical (unpaired) electrons. The fourth-order valence-electron chi connectivity index (χ4n) is 2.64. The number of aliphatic hydroxyl groups excluding tert-OH is 1. The van der Waals surface area contributed by atoms with Crippen molar-refractivity contribution in [1.82, 2.24) is 14.9 Å². The van der Waals surface area contributed by atoms with Crippen molar-refractivity contribution in [3.05, 3.63) is 48.3 Å². The lowest BCUT2D eigenvalue weighted by atomic mass is 10.0. The molecule has 1 amide bonds. The van der Waals surface area contributed by atoms with Gasteiger partial charge in [-0.05, 0) is 42.7 Å². The summed E-state index contributed by atoms with van der Waals surface area (Å²) in [5, 5.41) is 13.2. The van der Waals surface area contributed by atoms with E-state index in [1.165, 1.54) is 0 Å². The molecule has 2 N–H and O–H groups in total. The molecule has 0 saturated heterocycles. The zero-order valence-corrected chi connectivity index (χ0v) is 14.6. The van der Waals surface area contributed by atoms with Gasteiger partial charge in [0, 0.05) is 18.0 Å². The summed E-state index contributed by atoms with van der Waals surface area (Å²) in [5.41, 5.74) is 1.47. The Bertz CT molecular complexity index is 824. The van der Waals surface area contributed by atoms with E-state index in [1.54, 1.807) is 17.4 Å². The van der Waals surface area contributed by atoms with Crippen molar-refractivity contribution in [3.8, 4) is 5.13 Å². The largest absolute Gasteiger partial charge is 0.394 e. The number of fused-ring (bicyclic) bond motifs is 1. The van der Waals surface area contributed by atoms with Crippen molar-refractivity contribution >= 4 is 27.5 Å². The number of nitrogens with one attached hydrogen (secondary N) is 1. The van der Waals surface area contributed by atoms with Gasteiger partial charge in [0.2, 0.25) is 0 Å². The van der Waals surface area contributed by atoms with E-state index in [0.29, 0.717) is 11.5 Å². The third-order valence-corrected chi connectivity index (χ3v) is 4.81. The molecular formula is C18H21N3O2S. The summed E-state index contributed by atoms with van der Waals surface area (Å²) in [6.07, 6.45) is 4.65. The van der Waals surface area contributed by atoms with Gasteiger partial charge in [-0.2, -0.15) is 0 Å². The average Bonchev–Trinajstić information content (AvgIpc) is 3.21. The first-order valence-corrected chi connectivity index (χ1v) is 8.84. The number of carbonyl (C=O) groups excluding carboxylic acids is 1. The summed E-state index contributed by atoms with van der Waals surface area (Å²) in [6.45, 7) is 4.09. The van der Waals surface area contributed by atoms with Crippen LogP contribution < -0.4 is 5.32 Å². The maximum Gasteiger partial charge on any atom is 0.251 e. The normalized spacial score (nSPS) is 12.7. The highest BCUT2D eigenvalue weighted by Crippen LogP contribution is 2.26. The number of aromatic nitrogens is 2. The maximum atomic E-state index is 12.4. The molecule has 0 aliphatic heterocycles. The molecule has 6 heteroatoms. The van der Waals surface area contributed by atoms with Crippen molar-refractivity contribution in [2.45, 2.75) is 26.3 Å². The summed E-state index contributed by atoms with van der Waals surface area (Å²) in [4.78, 5) is 17.0. The fourth-order valence-corrected chi connectivity index (χ4v) is 3.62. The zero-order valence-electron chi connectivity index (χ0n) is 13.8. The highest BCUT2D eigenvalue weighted by Gasteiger charge is 2.15. The first kappa shape index (κ1) is 16.7.